The van der Waals surface area contributed by atoms with Crippen LogP contribution in [0.15, 0.2) is 18.5 Å². The zero-order chi connectivity index (χ0) is 13.8. The molecule has 100 valence electrons. The summed E-state index contributed by atoms with van der Waals surface area (Å²) in [4.78, 5) is 16.9. The van der Waals surface area contributed by atoms with Gasteiger partial charge in [0.15, 0.2) is 5.82 Å². The van der Waals surface area contributed by atoms with E-state index in [1.54, 1.807) is 19.4 Å². The first-order valence-corrected chi connectivity index (χ1v) is 6.11. The van der Waals surface area contributed by atoms with Crippen LogP contribution in [0.1, 0.15) is 19.4 Å². The van der Waals surface area contributed by atoms with Crippen molar-refractivity contribution in [2.45, 2.75) is 26.9 Å². The first kappa shape index (κ1) is 13.2. The van der Waals surface area contributed by atoms with Crippen LogP contribution >= 0.6 is 0 Å². The third kappa shape index (κ3) is 3.37. The van der Waals surface area contributed by atoms with Crippen LogP contribution < -0.4 is 10.1 Å². The summed E-state index contributed by atoms with van der Waals surface area (Å²) in [6.45, 7) is 5.83. The van der Waals surface area contributed by atoms with Gasteiger partial charge in [-0.05, 0) is 32.4 Å². The normalized spacial score (nSPS) is 10.6. The SMILES string of the molecule is CNc1nc(OC(C)C)nc(-c2cncc(C)c2)n1. The van der Waals surface area contributed by atoms with Crippen LogP contribution in [0.25, 0.3) is 11.4 Å². The fraction of sp³-hybridized carbons (Fsp3) is 0.385. The molecule has 1 N–H and O–H groups in total. The number of aryl methyl sites for hydroxylation is 1. The van der Waals surface area contributed by atoms with E-state index in [1.807, 2.05) is 26.8 Å². The van der Waals surface area contributed by atoms with E-state index in [0.29, 0.717) is 17.8 Å². The molecular formula is C13H17N5O. The number of anilines is 1. The van der Waals surface area contributed by atoms with Gasteiger partial charge in [0.05, 0.1) is 6.10 Å². The van der Waals surface area contributed by atoms with Crippen molar-refractivity contribution in [2.24, 2.45) is 0 Å². The van der Waals surface area contributed by atoms with E-state index in [1.165, 1.54) is 0 Å². The van der Waals surface area contributed by atoms with Gasteiger partial charge in [-0.25, -0.2) is 0 Å². The Hall–Kier alpha value is -2.24. The molecule has 6 heteroatoms. The maximum Gasteiger partial charge on any atom is 0.322 e. The molecule has 0 bridgehead atoms. The minimum atomic E-state index is 0.00981. The largest absolute Gasteiger partial charge is 0.461 e. The van der Waals surface area contributed by atoms with Crippen molar-refractivity contribution < 1.29 is 4.74 Å². The summed E-state index contributed by atoms with van der Waals surface area (Å²) in [6, 6.07) is 2.28. The minimum Gasteiger partial charge on any atom is -0.461 e. The molecule has 2 aromatic rings. The Kier molecular flexibility index (Phi) is 3.89. The molecule has 2 aromatic heterocycles. The van der Waals surface area contributed by atoms with Gasteiger partial charge in [0.2, 0.25) is 5.95 Å². The molecular weight excluding hydrogens is 242 g/mol. The van der Waals surface area contributed by atoms with Gasteiger partial charge in [-0.15, -0.1) is 0 Å². The molecule has 0 aliphatic rings. The van der Waals surface area contributed by atoms with Crippen molar-refractivity contribution in [3.8, 4) is 17.4 Å². The number of hydrogen-bond donors (Lipinski definition) is 1. The Balaban J connectivity index is 2.44. The maximum absolute atomic E-state index is 5.53. The molecule has 6 nitrogen and oxygen atoms in total. The number of nitrogens with zero attached hydrogens (tertiary/aromatic N) is 4. The highest BCUT2D eigenvalue weighted by Crippen LogP contribution is 2.19. The second-order valence-corrected chi connectivity index (χ2v) is 4.43. The molecule has 0 radical (unpaired) electrons. The standard InChI is InChI=1S/C13H17N5O/c1-8(2)19-13-17-11(16-12(14-4)18-13)10-5-9(3)6-15-7-10/h5-8H,1-4H3,(H,14,16,17,18). The fourth-order valence-corrected chi connectivity index (χ4v) is 1.54. The van der Waals surface area contributed by atoms with Crippen LogP contribution in [0.3, 0.4) is 0 Å². The van der Waals surface area contributed by atoms with Crippen molar-refractivity contribution >= 4 is 5.95 Å². The molecule has 0 aliphatic carbocycles. The first-order chi connectivity index (χ1) is 9.08. The topological polar surface area (TPSA) is 72.8 Å². The summed E-state index contributed by atoms with van der Waals surface area (Å²) in [7, 11) is 1.76. The molecule has 0 spiro atoms. The summed E-state index contributed by atoms with van der Waals surface area (Å²) >= 11 is 0. The van der Waals surface area contributed by atoms with Gasteiger partial charge in [-0.1, -0.05) is 0 Å². The van der Waals surface area contributed by atoms with E-state index in [2.05, 4.69) is 25.3 Å². The fourth-order valence-electron chi connectivity index (χ4n) is 1.54. The average Bonchev–Trinajstić information content (AvgIpc) is 2.37. The first-order valence-electron chi connectivity index (χ1n) is 6.11. The maximum atomic E-state index is 5.53. The summed E-state index contributed by atoms with van der Waals surface area (Å²) < 4.78 is 5.53. The lowest BCUT2D eigenvalue weighted by Gasteiger charge is -2.10. The second-order valence-electron chi connectivity index (χ2n) is 4.43. The van der Waals surface area contributed by atoms with Gasteiger partial charge in [-0.2, -0.15) is 15.0 Å². The van der Waals surface area contributed by atoms with Gasteiger partial charge in [0.25, 0.3) is 0 Å². The van der Waals surface area contributed by atoms with Gasteiger partial charge in [-0.3, -0.25) is 4.98 Å². The van der Waals surface area contributed by atoms with Gasteiger partial charge >= 0.3 is 6.01 Å². The Morgan fingerprint density at radius 2 is 1.95 bits per heavy atom. The van der Waals surface area contributed by atoms with Crippen molar-refractivity contribution in [1.29, 1.82) is 0 Å². The quantitative estimate of drug-likeness (QED) is 0.906. The van der Waals surface area contributed by atoms with Crippen LogP contribution in [0.2, 0.25) is 0 Å². The summed E-state index contributed by atoms with van der Waals surface area (Å²) in [5.74, 6) is 1.02. The van der Waals surface area contributed by atoms with E-state index in [4.69, 9.17) is 4.74 Å². The molecule has 0 unspecified atom stereocenters. The highest BCUT2D eigenvalue weighted by molar-refractivity contribution is 5.56. The molecule has 0 amide bonds. The van der Waals surface area contributed by atoms with Crippen LogP contribution in [-0.2, 0) is 0 Å². The number of aromatic nitrogens is 4. The predicted molar refractivity (Wildman–Crippen MR) is 73.1 cm³/mol. The molecule has 19 heavy (non-hydrogen) atoms. The second kappa shape index (κ2) is 5.60. The molecule has 2 heterocycles. The zero-order valence-electron chi connectivity index (χ0n) is 11.5. The van der Waals surface area contributed by atoms with Crippen LogP contribution in [0.5, 0.6) is 6.01 Å². The van der Waals surface area contributed by atoms with Crippen LogP contribution in [0, 0.1) is 6.92 Å². The lowest BCUT2D eigenvalue weighted by molar-refractivity contribution is 0.222. The monoisotopic (exact) mass is 259 g/mol. The number of nitrogens with one attached hydrogen (secondary N) is 1. The third-order valence-electron chi connectivity index (χ3n) is 2.31. The number of ether oxygens (including phenoxy) is 1. The average molecular weight is 259 g/mol. The summed E-state index contributed by atoms with van der Waals surface area (Å²) in [6.07, 6.45) is 3.52. The number of hydrogen-bond acceptors (Lipinski definition) is 6. The highest BCUT2D eigenvalue weighted by Gasteiger charge is 2.10. The lowest BCUT2D eigenvalue weighted by atomic mass is 10.2. The zero-order valence-corrected chi connectivity index (χ0v) is 11.5. The molecule has 0 fully saturated rings. The van der Waals surface area contributed by atoms with E-state index in [0.717, 1.165) is 11.1 Å². The third-order valence-corrected chi connectivity index (χ3v) is 2.31. The summed E-state index contributed by atoms with van der Waals surface area (Å²) in [5, 5.41) is 2.90. The van der Waals surface area contributed by atoms with Crippen molar-refractivity contribution in [1.82, 2.24) is 19.9 Å². The minimum absolute atomic E-state index is 0.00981. The Bertz CT molecular complexity index is 571. The molecule has 0 saturated heterocycles. The van der Waals surface area contributed by atoms with E-state index in [-0.39, 0.29) is 6.10 Å². The van der Waals surface area contributed by atoms with Gasteiger partial charge < -0.3 is 10.1 Å². The van der Waals surface area contributed by atoms with E-state index in [9.17, 15) is 0 Å². The lowest BCUT2D eigenvalue weighted by Crippen LogP contribution is -2.11. The van der Waals surface area contributed by atoms with Gasteiger partial charge in [0.1, 0.15) is 0 Å². The van der Waals surface area contributed by atoms with Gasteiger partial charge in [0, 0.05) is 25.0 Å². The van der Waals surface area contributed by atoms with E-state index < -0.39 is 0 Å². The summed E-state index contributed by atoms with van der Waals surface area (Å²) in [5.41, 5.74) is 1.89. The Morgan fingerprint density at radius 1 is 1.16 bits per heavy atom. The molecule has 2 rings (SSSR count). The molecule has 0 aromatic carbocycles. The van der Waals surface area contributed by atoms with Crippen molar-refractivity contribution in [3.63, 3.8) is 0 Å². The smallest absolute Gasteiger partial charge is 0.322 e. The van der Waals surface area contributed by atoms with Crippen molar-refractivity contribution in [2.75, 3.05) is 12.4 Å². The number of pyridine rings is 1. The van der Waals surface area contributed by atoms with Crippen LogP contribution in [-0.4, -0.2) is 33.1 Å². The molecule has 0 aliphatic heterocycles. The predicted octanol–water partition coefficient (Wildman–Crippen LogP) is 2.07. The number of rotatable bonds is 4. The van der Waals surface area contributed by atoms with Crippen LogP contribution in [0.4, 0.5) is 5.95 Å². The molecule has 0 atom stereocenters. The molecule has 0 saturated carbocycles. The van der Waals surface area contributed by atoms with Crippen molar-refractivity contribution in [3.05, 3.63) is 24.0 Å². The highest BCUT2D eigenvalue weighted by atomic mass is 16.5. The Labute approximate surface area is 112 Å². The Morgan fingerprint density at radius 3 is 2.58 bits per heavy atom. The van der Waals surface area contributed by atoms with E-state index >= 15 is 0 Å².